The molecule has 0 bridgehead atoms. The molecule has 214 valence electrons. The van der Waals surface area contributed by atoms with Crippen molar-refractivity contribution in [3.63, 3.8) is 0 Å². The number of benzene rings is 8. The molecule has 10 rings (SSSR count). The molecule has 0 aliphatic rings. The van der Waals surface area contributed by atoms with E-state index in [0.717, 1.165) is 60.6 Å². The van der Waals surface area contributed by atoms with Gasteiger partial charge in [-0.2, -0.15) is 0 Å². The molecule has 0 radical (unpaired) electrons. The monoisotopic (exact) mass is 586 g/mol. The highest BCUT2D eigenvalue weighted by Gasteiger charge is 2.22. The summed E-state index contributed by atoms with van der Waals surface area (Å²) in [5.74, 6) is 0. The third kappa shape index (κ3) is 3.71. The van der Waals surface area contributed by atoms with Gasteiger partial charge in [-0.1, -0.05) is 127 Å². The Balaban J connectivity index is 1.24. The topological polar surface area (TPSA) is 26.3 Å². The van der Waals surface area contributed by atoms with Crippen LogP contribution >= 0.6 is 0 Å². The molecule has 0 aliphatic carbocycles. The average molecular weight is 587 g/mol. The molecule has 0 unspecified atom stereocenters. The maximum Gasteiger partial charge on any atom is 0.144 e. The molecule has 2 heterocycles. The van der Waals surface area contributed by atoms with E-state index in [1.807, 2.05) is 18.2 Å². The normalized spacial score (nSPS) is 11.9. The summed E-state index contributed by atoms with van der Waals surface area (Å²) in [6.45, 7) is 0. The lowest BCUT2D eigenvalue weighted by atomic mass is 9.87. The molecule has 46 heavy (non-hydrogen) atoms. The maximum atomic E-state index is 6.80. The highest BCUT2D eigenvalue weighted by Crippen LogP contribution is 2.48. The summed E-state index contributed by atoms with van der Waals surface area (Å²) in [5, 5.41) is 9.35. The fourth-order valence-electron chi connectivity index (χ4n) is 7.31. The van der Waals surface area contributed by atoms with E-state index in [9.17, 15) is 0 Å². The molecule has 0 saturated carbocycles. The van der Waals surface area contributed by atoms with Gasteiger partial charge < -0.3 is 8.83 Å². The molecule has 0 atom stereocenters. The first kappa shape index (κ1) is 25.2. The van der Waals surface area contributed by atoms with Crippen LogP contribution in [0.2, 0.25) is 0 Å². The van der Waals surface area contributed by atoms with Crippen LogP contribution in [0.15, 0.2) is 167 Å². The minimum atomic E-state index is 0.887. The molecule has 10 aromatic rings. The van der Waals surface area contributed by atoms with Crippen molar-refractivity contribution in [2.45, 2.75) is 0 Å². The van der Waals surface area contributed by atoms with Crippen LogP contribution in [0.1, 0.15) is 0 Å². The second-order valence-corrected chi connectivity index (χ2v) is 12.0. The Hall–Kier alpha value is -6.12. The van der Waals surface area contributed by atoms with E-state index in [4.69, 9.17) is 8.83 Å². The van der Waals surface area contributed by atoms with Crippen LogP contribution in [-0.2, 0) is 0 Å². The fraction of sp³-hybridized carbons (Fsp3) is 0. The summed E-state index contributed by atoms with van der Waals surface area (Å²) in [7, 11) is 0. The third-order valence-corrected chi connectivity index (χ3v) is 9.46. The van der Waals surface area contributed by atoms with Gasteiger partial charge in [-0.3, -0.25) is 0 Å². The van der Waals surface area contributed by atoms with Crippen LogP contribution in [0.25, 0.3) is 98.8 Å². The number of rotatable bonds is 3. The van der Waals surface area contributed by atoms with Crippen LogP contribution in [0, 0.1) is 0 Å². The van der Waals surface area contributed by atoms with E-state index in [1.165, 1.54) is 38.2 Å². The number of hydrogen-bond donors (Lipinski definition) is 0. The predicted octanol–water partition coefficient (Wildman–Crippen LogP) is 12.8. The molecule has 0 aliphatic heterocycles. The molecule has 0 fully saturated rings. The summed E-state index contributed by atoms with van der Waals surface area (Å²) in [4.78, 5) is 0. The van der Waals surface area contributed by atoms with E-state index in [0.29, 0.717) is 0 Å². The molecule has 2 aromatic heterocycles. The van der Waals surface area contributed by atoms with Gasteiger partial charge in [0.05, 0.1) is 0 Å². The third-order valence-electron chi connectivity index (χ3n) is 9.46. The van der Waals surface area contributed by atoms with Gasteiger partial charge in [-0.15, -0.1) is 0 Å². The highest BCUT2D eigenvalue weighted by atomic mass is 16.3. The number of furan rings is 2. The lowest BCUT2D eigenvalue weighted by Gasteiger charge is -2.15. The van der Waals surface area contributed by atoms with Crippen molar-refractivity contribution in [1.82, 2.24) is 0 Å². The molecule has 0 spiro atoms. The number of hydrogen-bond acceptors (Lipinski definition) is 2. The van der Waals surface area contributed by atoms with Crippen molar-refractivity contribution < 1.29 is 8.83 Å². The van der Waals surface area contributed by atoms with Gasteiger partial charge in [-0.05, 0) is 74.1 Å². The molecule has 0 saturated heterocycles. The minimum absolute atomic E-state index is 0.887. The van der Waals surface area contributed by atoms with Gasteiger partial charge in [0.2, 0.25) is 0 Å². The molecule has 2 nitrogen and oxygen atoms in total. The molecular weight excluding hydrogens is 560 g/mol. The maximum absolute atomic E-state index is 6.80. The first-order valence-electron chi connectivity index (χ1n) is 15.7. The lowest BCUT2D eigenvalue weighted by molar-refractivity contribution is 0.669. The average Bonchev–Trinajstić information content (AvgIpc) is 3.69. The number of fused-ring (bicyclic) bond motifs is 8. The van der Waals surface area contributed by atoms with E-state index in [1.54, 1.807) is 0 Å². The second-order valence-electron chi connectivity index (χ2n) is 12.0. The van der Waals surface area contributed by atoms with Crippen LogP contribution in [0.3, 0.4) is 0 Å². The largest absolute Gasteiger partial charge is 0.456 e. The molecule has 0 N–H and O–H groups in total. The summed E-state index contributed by atoms with van der Waals surface area (Å²) >= 11 is 0. The smallest absolute Gasteiger partial charge is 0.144 e. The van der Waals surface area contributed by atoms with Crippen molar-refractivity contribution in [3.05, 3.63) is 158 Å². The Kier molecular flexibility index (Phi) is 5.31. The van der Waals surface area contributed by atoms with Crippen molar-refractivity contribution in [3.8, 4) is 33.4 Å². The zero-order valence-corrected chi connectivity index (χ0v) is 24.8. The quantitative estimate of drug-likeness (QED) is 0.206. The summed E-state index contributed by atoms with van der Waals surface area (Å²) in [5.41, 5.74) is 10.6. The first-order valence-corrected chi connectivity index (χ1v) is 15.7. The van der Waals surface area contributed by atoms with Crippen LogP contribution < -0.4 is 0 Å². The van der Waals surface area contributed by atoms with Gasteiger partial charge in [-0.25, -0.2) is 0 Å². The van der Waals surface area contributed by atoms with E-state index in [-0.39, 0.29) is 0 Å². The van der Waals surface area contributed by atoms with E-state index >= 15 is 0 Å². The van der Waals surface area contributed by atoms with Crippen molar-refractivity contribution >= 4 is 65.4 Å². The van der Waals surface area contributed by atoms with Gasteiger partial charge in [0.25, 0.3) is 0 Å². The Labute approximate surface area is 264 Å². The van der Waals surface area contributed by atoms with Gasteiger partial charge in [0, 0.05) is 32.7 Å². The molecule has 8 aromatic carbocycles. The van der Waals surface area contributed by atoms with Crippen molar-refractivity contribution in [2.24, 2.45) is 0 Å². The summed E-state index contributed by atoms with van der Waals surface area (Å²) < 4.78 is 13.0. The van der Waals surface area contributed by atoms with Gasteiger partial charge in [0.15, 0.2) is 0 Å². The second kappa shape index (κ2) is 9.69. The zero-order valence-electron chi connectivity index (χ0n) is 24.8. The Morgan fingerprint density at radius 2 is 0.870 bits per heavy atom. The minimum Gasteiger partial charge on any atom is -0.456 e. The van der Waals surface area contributed by atoms with Crippen molar-refractivity contribution in [2.75, 3.05) is 0 Å². The van der Waals surface area contributed by atoms with Crippen LogP contribution in [0.4, 0.5) is 0 Å². The van der Waals surface area contributed by atoms with E-state index < -0.39 is 0 Å². The van der Waals surface area contributed by atoms with Crippen LogP contribution in [0.5, 0.6) is 0 Å². The van der Waals surface area contributed by atoms with E-state index in [2.05, 4.69) is 140 Å². The zero-order chi connectivity index (χ0) is 30.2. The SMILES string of the molecule is c1ccc2cc(-c3ccc(-c4c5ccccc5c(-c5ccc6oc7ccccc7c6c5)c5c4oc4ccccc45)cc3)ccc2c1. The standard InChI is InChI=1S/C44H26O2/c1-2-10-30-25-31(22-19-27(30)9-1)28-17-20-29(21-18-28)42-35-13-4-3-12-34(35)41(43-36-14-6-8-16-39(36)46-44(42)43)32-23-24-40-37(26-32)33-11-5-7-15-38(33)45-40/h1-26H. The number of para-hydroxylation sites is 2. The Morgan fingerprint density at radius 1 is 0.304 bits per heavy atom. The lowest BCUT2D eigenvalue weighted by Crippen LogP contribution is -1.89. The Morgan fingerprint density at radius 3 is 1.67 bits per heavy atom. The summed E-state index contributed by atoms with van der Waals surface area (Å²) in [6, 6.07) is 56.1. The molecular formula is C44H26O2. The van der Waals surface area contributed by atoms with Crippen molar-refractivity contribution in [1.29, 1.82) is 0 Å². The molecule has 0 amide bonds. The highest BCUT2D eigenvalue weighted by molar-refractivity contribution is 6.27. The van der Waals surface area contributed by atoms with Gasteiger partial charge in [0.1, 0.15) is 22.3 Å². The summed E-state index contributed by atoms with van der Waals surface area (Å²) in [6.07, 6.45) is 0. The Bertz CT molecular complexity index is 2790. The first-order chi connectivity index (χ1) is 22.8. The molecule has 2 heteroatoms. The fourth-order valence-corrected chi connectivity index (χ4v) is 7.31. The van der Waals surface area contributed by atoms with Gasteiger partial charge >= 0.3 is 0 Å². The predicted molar refractivity (Wildman–Crippen MR) is 192 cm³/mol. The van der Waals surface area contributed by atoms with Crippen LogP contribution in [-0.4, -0.2) is 0 Å².